The number of nitrogens with zero attached hydrogens (tertiary/aromatic N) is 2. The summed E-state index contributed by atoms with van der Waals surface area (Å²) in [5.41, 5.74) is 2.77. The Bertz CT molecular complexity index is 598. The summed E-state index contributed by atoms with van der Waals surface area (Å²) in [5.74, 6) is 0.665. The van der Waals surface area contributed by atoms with Crippen LogP contribution in [0.5, 0.6) is 0 Å². The van der Waals surface area contributed by atoms with Gasteiger partial charge in [0.1, 0.15) is 5.82 Å². The van der Waals surface area contributed by atoms with Gasteiger partial charge in [0.25, 0.3) is 0 Å². The maximum absolute atomic E-state index is 11.8. The maximum Gasteiger partial charge on any atom is 0.238 e. The van der Waals surface area contributed by atoms with Crippen LogP contribution >= 0.6 is 0 Å². The molecule has 1 aromatic heterocycles. The molecule has 0 atom stereocenters. The van der Waals surface area contributed by atoms with Gasteiger partial charge in [0.15, 0.2) is 0 Å². The number of aromatic nitrogens is 2. The predicted molar refractivity (Wildman–Crippen MR) is 78.3 cm³/mol. The van der Waals surface area contributed by atoms with Gasteiger partial charge >= 0.3 is 0 Å². The Kier molecular flexibility index (Phi) is 4.79. The van der Waals surface area contributed by atoms with E-state index in [0.29, 0.717) is 6.54 Å². The standard InChI is InChI=1S/C15H18N4O/c1-11-5-3-4-6-14(11)19-15(20)10-16-9-13-7-8-17-12(2)18-13/h3-8,16H,9-10H2,1-2H3,(H,19,20). The zero-order valence-corrected chi connectivity index (χ0v) is 11.7. The molecular weight excluding hydrogens is 252 g/mol. The predicted octanol–water partition coefficient (Wildman–Crippen LogP) is 1.82. The first kappa shape index (κ1) is 14.1. The van der Waals surface area contributed by atoms with Gasteiger partial charge in [-0.1, -0.05) is 18.2 Å². The summed E-state index contributed by atoms with van der Waals surface area (Å²) in [5, 5.41) is 5.94. The van der Waals surface area contributed by atoms with Gasteiger partial charge in [-0.3, -0.25) is 4.79 Å². The fourth-order valence-electron chi connectivity index (χ4n) is 1.82. The van der Waals surface area contributed by atoms with Gasteiger partial charge in [-0.2, -0.15) is 0 Å². The number of carbonyl (C=O) groups is 1. The maximum atomic E-state index is 11.8. The molecule has 5 nitrogen and oxygen atoms in total. The third-order valence-corrected chi connectivity index (χ3v) is 2.84. The Morgan fingerprint density at radius 3 is 2.75 bits per heavy atom. The minimum Gasteiger partial charge on any atom is -0.325 e. The number of rotatable bonds is 5. The molecule has 0 saturated carbocycles. The van der Waals surface area contributed by atoms with Crippen LogP contribution in [-0.4, -0.2) is 22.4 Å². The van der Waals surface area contributed by atoms with Crippen molar-refractivity contribution in [3.8, 4) is 0 Å². The van der Waals surface area contributed by atoms with Crippen molar-refractivity contribution >= 4 is 11.6 Å². The third-order valence-electron chi connectivity index (χ3n) is 2.84. The van der Waals surface area contributed by atoms with E-state index in [9.17, 15) is 4.79 Å². The van der Waals surface area contributed by atoms with Gasteiger partial charge in [-0.05, 0) is 31.5 Å². The molecule has 104 valence electrons. The van der Waals surface area contributed by atoms with Crippen molar-refractivity contribution in [1.29, 1.82) is 0 Å². The van der Waals surface area contributed by atoms with E-state index in [2.05, 4.69) is 20.6 Å². The molecule has 2 rings (SSSR count). The fraction of sp³-hybridized carbons (Fsp3) is 0.267. The number of aryl methyl sites for hydroxylation is 2. The molecular formula is C15H18N4O. The minimum atomic E-state index is -0.0647. The highest BCUT2D eigenvalue weighted by atomic mass is 16.1. The van der Waals surface area contributed by atoms with E-state index in [1.807, 2.05) is 44.2 Å². The van der Waals surface area contributed by atoms with Gasteiger partial charge in [0, 0.05) is 18.4 Å². The van der Waals surface area contributed by atoms with Crippen LogP contribution in [0.3, 0.4) is 0 Å². The smallest absolute Gasteiger partial charge is 0.238 e. The van der Waals surface area contributed by atoms with Crippen molar-refractivity contribution < 1.29 is 4.79 Å². The van der Waals surface area contributed by atoms with Crippen LogP contribution in [0.2, 0.25) is 0 Å². The number of carbonyl (C=O) groups excluding carboxylic acids is 1. The zero-order valence-electron chi connectivity index (χ0n) is 11.7. The lowest BCUT2D eigenvalue weighted by Crippen LogP contribution is -2.28. The third kappa shape index (κ3) is 4.13. The molecule has 2 N–H and O–H groups in total. The summed E-state index contributed by atoms with van der Waals surface area (Å²) in [6, 6.07) is 9.54. The largest absolute Gasteiger partial charge is 0.325 e. The number of nitrogens with one attached hydrogen (secondary N) is 2. The number of amides is 1. The number of benzene rings is 1. The monoisotopic (exact) mass is 270 g/mol. The fourth-order valence-corrected chi connectivity index (χ4v) is 1.82. The van der Waals surface area contributed by atoms with Gasteiger partial charge in [0.05, 0.1) is 12.2 Å². The molecule has 0 aliphatic rings. The van der Waals surface area contributed by atoms with Gasteiger partial charge in [-0.15, -0.1) is 0 Å². The SMILES string of the molecule is Cc1nccc(CNCC(=O)Nc2ccccc2C)n1. The number of hydrogen-bond donors (Lipinski definition) is 2. The van der Waals surface area contributed by atoms with E-state index in [4.69, 9.17) is 0 Å². The molecule has 2 aromatic rings. The average molecular weight is 270 g/mol. The second-order valence-electron chi connectivity index (χ2n) is 4.56. The molecule has 0 bridgehead atoms. The van der Waals surface area contributed by atoms with Crippen LogP contribution in [0, 0.1) is 13.8 Å². The van der Waals surface area contributed by atoms with Crippen LogP contribution in [0.15, 0.2) is 36.5 Å². The molecule has 0 fully saturated rings. The van der Waals surface area contributed by atoms with E-state index in [1.165, 1.54) is 0 Å². The first-order chi connectivity index (χ1) is 9.65. The quantitative estimate of drug-likeness (QED) is 0.869. The second kappa shape index (κ2) is 6.77. The van der Waals surface area contributed by atoms with Crippen LogP contribution in [-0.2, 0) is 11.3 Å². The first-order valence-corrected chi connectivity index (χ1v) is 6.50. The van der Waals surface area contributed by atoms with Gasteiger partial charge < -0.3 is 10.6 Å². The average Bonchev–Trinajstić information content (AvgIpc) is 2.41. The summed E-state index contributed by atoms with van der Waals surface area (Å²) in [6.45, 7) is 4.60. The van der Waals surface area contributed by atoms with Crippen LogP contribution in [0.1, 0.15) is 17.1 Å². The second-order valence-corrected chi connectivity index (χ2v) is 4.56. The first-order valence-electron chi connectivity index (χ1n) is 6.50. The van der Waals surface area contributed by atoms with Crippen molar-refractivity contribution in [3.63, 3.8) is 0 Å². The van der Waals surface area contributed by atoms with Crippen LogP contribution in [0.25, 0.3) is 0 Å². The lowest BCUT2D eigenvalue weighted by molar-refractivity contribution is -0.115. The molecule has 0 radical (unpaired) electrons. The molecule has 5 heteroatoms. The van der Waals surface area contributed by atoms with Crippen LogP contribution < -0.4 is 10.6 Å². The highest BCUT2D eigenvalue weighted by molar-refractivity contribution is 5.92. The summed E-state index contributed by atoms with van der Waals surface area (Å²) < 4.78 is 0. The van der Waals surface area contributed by atoms with E-state index >= 15 is 0 Å². The van der Waals surface area contributed by atoms with Crippen LogP contribution in [0.4, 0.5) is 5.69 Å². The Balaban J connectivity index is 1.80. The highest BCUT2D eigenvalue weighted by Gasteiger charge is 2.04. The van der Waals surface area contributed by atoms with E-state index < -0.39 is 0 Å². The lowest BCUT2D eigenvalue weighted by atomic mass is 10.2. The minimum absolute atomic E-state index is 0.0647. The summed E-state index contributed by atoms with van der Waals surface area (Å²) in [4.78, 5) is 20.1. The van der Waals surface area contributed by atoms with Crippen molar-refractivity contribution in [3.05, 3.63) is 53.6 Å². The Hall–Kier alpha value is -2.27. The Morgan fingerprint density at radius 2 is 2.00 bits per heavy atom. The highest BCUT2D eigenvalue weighted by Crippen LogP contribution is 2.12. The lowest BCUT2D eigenvalue weighted by Gasteiger charge is -2.08. The van der Waals surface area contributed by atoms with E-state index in [0.717, 1.165) is 22.8 Å². The molecule has 0 aliphatic heterocycles. The van der Waals surface area contributed by atoms with Gasteiger partial charge in [-0.25, -0.2) is 9.97 Å². The normalized spacial score (nSPS) is 10.3. The van der Waals surface area contributed by atoms with Crippen molar-refractivity contribution in [2.24, 2.45) is 0 Å². The summed E-state index contributed by atoms with van der Waals surface area (Å²) in [7, 11) is 0. The Morgan fingerprint density at radius 1 is 1.20 bits per heavy atom. The number of anilines is 1. The molecule has 0 aliphatic carbocycles. The molecule has 20 heavy (non-hydrogen) atoms. The molecule has 1 aromatic carbocycles. The molecule has 1 heterocycles. The van der Waals surface area contributed by atoms with Crippen molar-refractivity contribution in [1.82, 2.24) is 15.3 Å². The number of para-hydroxylation sites is 1. The summed E-state index contributed by atoms with van der Waals surface area (Å²) in [6.07, 6.45) is 1.72. The van der Waals surface area contributed by atoms with Crippen molar-refractivity contribution in [2.45, 2.75) is 20.4 Å². The molecule has 0 unspecified atom stereocenters. The van der Waals surface area contributed by atoms with Gasteiger partial charge in [0.2, 0.25) is 5.91 Å². The molecule has 0 saturated heterocycles. The van der Waals surface area contributed by atoms with E-state index in [-0.39, 0.29) is 12.5 Å². The van der Waals surface area contributed by atoms with E-state index in [1.54, 1.807) is 6.20 Å². The topological polar surface area (TPSA) is 66.9 Å². The summed E-state index contributed by atoms with van der Waals surface area (Å²) >= 11 is 0. The molecule has 1 amide bonds. The van der Waals surface area contributed by atoms with Crippen molar-refractivity contribution in [2.75, 3.05) is 11.9 Å². The zero-order chi connectivity index (χ0) is 14.4. The Labute approximate surface area is 118 Å². The number of hydrogen-bond acceptors (Lipinski definition) is 4. The molecule has 0 spiro atoms.